The van der Waals surface area contributed by atoms with Gasteiger partial charge in [0.1, 0.15) is 13.2 Å². The zero-order chi connectivity index (χ0) is 19.7. The number of carboxylic acid groups (broad SMARTS) is 1. The Balaban J connectivity index is 1.56. The Kier molecular flexibility index (Phi) is 4.57. The molecule has 0 bridgehead atoms. The third-order valence-corrected chi connectivity index (χ3v) is 4.85. The van der Waals surface area contributed by atoms with Gasteiger partial charge in [0.25, 0.3) is 0 Å². The molecule has 7 nitrogen and oxygen atoms in total. The van der Waals surface area contributed by atoms with Crippen LogP contribution in [0.1, 0.15) is 17.0 Å². The maximum Gasteiger partial charge on any atom is 0.414 e. The first-order valence-electron chi connectivity index (χ1n) is 8.87. The van der Waals surface area contributed by atoms with Crippen molar-refractivity contribution in [2.45, 2.75) is 5.92 Å². The third-order valence-electron chi connectivity index (χ3n) is 4.85. The molecule has 0 spiro atoms. The topological polar surface area (TPSA) is 84.7 Å². The molecule has 0 saturated heterocycles. The van der Waals surface area contributed by atoms with Gasteiger partial charge in [-0.15, -0.1) is 0 Å². The number of aliphatic carboxylic acids is 1. The second kappa shape index (κ2) is 7.19. The maximum absolute atomic E-state index is 12.7. The van der Waals surface area contributed by atoms with Gasteiger partial charge >= 0.3 is 12.1 Å². The lowest BCUT2D eigenvalue weighted by Gasteiger charge is -2.20. The number of nitrogens with zero attached hydrogens (tertiary/aromatic N) is 3. The molecule has 1 aliphatic carbocycles. The highest BCUT2D eigenvalue weighted by molar-refractivity contribution is 5.92. The number of anilines is 1. The molecule has 1 aromatic heterocycles. The van der Waals surface area contributed by atoms with Crippen LogP contribution in [0.15, 0.2) is 60.9 Å². The van der Waals surface area contributed by atoms with Crippen LogP contribution in [0.2, 0.25) is 0 Å². The number of hydrogen-bond acceptors (Lipinski definition) is 4. The third kappa shape index (κ3) is 3.22. The molecule has 1 amide bonds. The molecule has 28 heavy (non-hydrogen) atoms. The minimum absolute atomic E-state index is 0.0862. The van der Waals surface area contributed by atoms with E-state index in [1.807, 2.05) is 36.4 Å². The molecule has 1 aliphatic rings. The summed E-state index contributed by atoms with van der Waals surface area (Å²) in [4.78, 5) is 24.9. The second-order valence-corrected chi connectivity index (χ2v) is 6.66. The summed E-state index contributed by atoms with van der Waals surface area (Å²) in [5, 5.41) is 13.2. The van der Waals surface area contributed by atoms with Crippen LogP contribution in [-0.2, 0) is 16.6 Å². The summed E-state index contributed by atoms with van der Waals surface area (Å²) in [5.74, 6) is -1.21. The van der Waals surface area contributed by atoms with E-state index in [9.17, 15) is 9.59 Å². The number of aromatic nitrogens is 2. The van der Waals surface area contributed by atoms with Gasteiger partial charge in [-0.3, -0.25) is 14.4 Å². The van der Waals surface area contributed by atoms with E-state index < -0.39 is 18.6 Å². The van der Waals surface area contributed by atoms with Crippen molar-refractivity contribution in [2.24, 2.45) is 7.05 Å². The SMILES string of the molecule is Cn1cc(N(CC(=O)O)C(=O)OCC2c3ccccc3-c3ccccc32)cn1. The minimum atomic E-state index is -1.13. The lowest BCUT2D eigenvalue weighted by Crippen LogP contribution is -2.36. The van der Waals surface area contributed by atoms with E-state index in [-0.39, 0.29) is 12.5 Å². The maximum atomic E-state index is 12.7. The molecule has 0 radical (unpaired) electrons. The van der Waals surface area contributed by atoms with Crippen LogP contribution in [0.3, 0.4) is 0 Å². The van der Waals surface area contributed by atoms with Gasteiger partial charge in [0.2, 0.25) is 0 Å². The smallest absolute Gasteiger partial charge is 0.414 e. The first-order valence-corrected chi connectivity index (χ1v) is 8.87. The predicted octanol–water partition coefficient (Wildman–Crippen LogP) is 3.26. The summed E-state index contributed by atoms with van der Waals surface area (Å²) < 4.78 is 7.05. The van der Waals surface area contributed by atoms with Crippen molar-refractivity contribution in [3.63, 3.8) is 0 Å². The zero-order valence-corrected chi connectivity index (χ0v) is 15.3. The fraction of sp³-hybridized carbons (Fsp3) is 0.190. The lowest BCUT2D eigenvalue weighted by molar-refractivity contribution is -0.135. The number of benzene rings is 2. The highest BCUT2D eigenvalue weighted by Gasteiger charge is 2.30. The molecule has 1 N–H and O–H groups in total. The molecule has 0 saturated carbocycles. The van der Waals surface area contributed by atoms with Crippen molar-refractivity contribution >= 4 is 17.7 Å². The van der Waals surface area contributed by atoms with Crippen molar-refractivity contribution in [1.29, 1.82) is 0 Å². The molecule has 0 fully saturated rings. The molecule has 142 valence electrons. The van der Waals surface area contributed by atoms with Crippen LogP contribution in [0, 0.1) is 0 Å². The monoisotopic (exact) mass is 377 g/mol. The summed E-state index contributed by atoms with van der Waals surface area (Å²) in [6, 6.07) is 16.1. The van der Waals surface area contributed by atoms with E-state index in [0.717, 1.165) is 27.2 Å². The molecular weight excluding hydrogens is 358 g/mol. The number of amides is 1. The molecule has 2 aromatic carbocycles. The van der Waals surface area contributed by atoms with Gasteiger partial charge in [0.15, 0.2) is 0 Å². The molecule has 4 rings (SSSR count). The van der Waals surface area contributed by atoms with Gasteiger partial charge in [0.05, 0.1) is 11.9 Å². The highest BCUT2D eigenvalue weighted by Crippen LogP contribution is 2.44. The molecular formula is C21H19N3O4. The number of aryl methyl sites for hydroxylation is 1. The quantitative estimate of drug-likeness (QED) is 0.738. The average molecular weight is 377 g/mol. The Morgan fingerprint density at radius 3 is 2.25 bits per heavy atom. The number of carboxylic acids is 1. The molecule has 0 unspecified atom stereocenters. The molecule has 7 heteroatoms. The number of carbonyl (C=O) groups excluding carboxylic acids is 1. The van der Waals surface area contributed by atoms with Crippen molar-refractivity contribution in [3.05, 3.63) is 72.1 Å². The number of ether oxygens (including phenoxy) is 1. The number of carbonyl (C=O) groups is 2. The fourth-order valence-corrected chi connectivity index (χ4v) is 3.62. The standard InChI is InChI=1S/C21H19N3O4/c1-23-11-14(10-22-23)24(12-20(25)26)21(27)28-13-19-17-8-4-2-6-15(17)16-7-3-5-9-18(16)19/h2-11,19H,12-13H2,1H3,(H,25,26). The zero-order valence-electron chi connectivity index (χ0n) is 15.3. The number of fused-ring (bicyclic) bond motifs is 3. The van der Waals surface area contributed by atoms with E-state index in [1.54, 1.807) is 13.2 Å². The van der Waals surface area contributed by atoms with Crippen LogP contribution < -0.4 is 4.90 Å². The summed E-state index contributed by atoms with van der Waals surface area (Å²) in [6.45, 7) is -0.369. The molecule has 1 heterocycles. The first kappa shape index (κ1) is 17.8. The Hall–Kier alpha value is -3.61. The van der Waals surface area contributed by atoms with Crippen molar-refractivity contribution in [3.8, 4) is 11.1 Å². The van der Waals surface area contributed by atoms with Gasteiger partial charge in [0, 0.05) is 19.2 Å². The van der Waals surface area contributed by atoms with Crippen LogP contribution in [-0.4, -0.2) is 40.1 Å². The van der Waals surface area contributed by atoms with Crippen molar-refractivity contribution in [2.75, 3.05) is 18.1 Å². The van der Waals surface area contributed by atoms with E-state index in [2.05, 4.69) is 17.2 Å². The summed E-state index contributed by atoms with van der Waals surface area (Å²) in [6.07, 6.45) is 2.30. The predicted molar refractivity (Wildman–Crippen MR) is 103 cm³/mol. The van der Waals surface area contributed by atoms with Crippen LogP contribution >= 0.6 is 0 Å². The van der Waals surface area contributed by atoms with E-state index in [1.165, 1.54) is 10.9 Å². The molecule has 0 atom stereocenters. The van der Waals surface area contributed by atoms with Gasteiger partial charge in [-0.1, -0.05) is 48.5 Å². The van der Waals surface area contributed by atoms with Crippen LogP contribution in [0.4, 0.5) is 10.5 Å². The molecule has 3 aromatic rings. The Labute approximate surface area is 161 Å². The second-order valence-electron chi connectivity index (χ2n) is 6.66. The lowest BCUT2D eigenvalue weighted by atomic mass is 9.98. The number of hydrogen-bond donors (Lipinski definition) is 1. The van der Waals surface area contributed by atoms with E-state index in [0.29, 0.717) is 5.69 Å². The Morgan fingerprint density at radius 1 is 1.11 bits per heavy atom. The van der Waals surface area contributed by atoms with Crippen LogP contribution in [0.5, 0.6) is 0 Å². The van der Waals surface area contributed by atoms with E-state index >= 15 is 0 Å². The highest BCUT2D eigenvalue weighted by atomic mass is 16.6. The summed E-state index contributed by atoms with van der Waals surface area (Å²) in [5.41, 5.74) is 4.84. The van der Waals surface area contributed by atoms with Gasteiger partial charge in [-0.05, 0) is 22.3 Å². The van der Waals surface area contributed by atoms with Crippen LogP contribution in [0.25, 0.3) is 11.1 Å². The molecule has 0 aliphatic heterocycles. The van der Waals surface area contributed by atoms with Gasteiger partial charge in [-0.25, -0.2) is 4.79 Å². The first-order chi connectivity index (χ1) is 13.5. The fourth-order valence-electron chi connectivity index (χ4n) is 3.62. The van der Waals surface area contributed by atoms with Gasteiger partial charge in [-0.2, -0.15) is 5.10 Å². The number of rotatable bonds is 5. The van der Waals surface area contributed by atoms with Gasteiger partial charge < -0.3 is 9.84 Å². The Bertz CT molecular complexity index is 998. The summed E-state index contributed by atoms with van der Waals surface area (Å²) in [7, 11) is 1.69. The van der Waals surface area contributed by atoms with E-state index in [4.69, 9.17) is 9.84 Å². The minimum Gasteiger partial charge on any atom is -0.480 e. The van der Waals surface area contributed by atoms with Crippen molar-refractivity contribution in [1.82, 2.24) is 9.78 Å². The largest absolute Gasteiger partial charge is 0.480 e. The Morgan fingerprint density at radius 2 is 1.71 bits per heavy atom. The van der Waals surface area contributed by atoms with Crippen molar-refractivity contribution < 1.29 is 19.4 Å². The normalized spacial score (nSPS) is 12.3. The summed E-state index contributed by atoms with van der Waals surface area (Å²) >= 11 is 0. The average Bonchev–Trinajstić information content (AvgIpc) is 3.25.